The zero-order valence-corrected chi connectivity index (χ0v) is 13.9. The van der Waals surface area contributed by atoms with E-state index in [1.165, 1.54) is 17.4 Å². The molecule has 0 spiro atoms. The molecule has 1 amide bonds. The van der Waals surface area contributed by atoms with E-state index >= 15 is 0 Å². The molecule has 0 saturated carbocycles. The van der Waals surface area contributed by atoms with Crippen LogP contribution in [0.2, 0.25) is 0 Å². The van der Waals surface area contributed by atoms with Crippen LogP contribution >= 0.6 is 0 Å². The van der Waals surface area contributed by atoms with Gasteiger partial charge in [0, 0.05) is 20.1 Å². The Bertz CT molecular complexity index is 667. The van der Waals surface area contributed by atoms with Crippen molar-refractivity contribution in [1.82, 2.24) is 9.62 Å². The summed E-state index contributed by atoms with van der Waals surface area (Å²) in [5.74, 6) is 0.545. The third-order valence-electron chi connectivity index (χ3n) is 3.90. The number of rotatable bonds is 4. The molecule has 1 aromatic heterocycles. The number of carbonyl (C=O) groups is 1. The maximum absolute atomic E-state index is 12.7. The zero-order chi connectivity index (χ0) is 16.5. The van der Waals surface area contributed by atoms with Crippen LogP contribution < -0.4 is 5.32 Å². The van der Waals surface area contributed by atoms with Crippen molar-refractivity contribution in [3.8, 4) is 0 Å². The van der Waals surface area contributed by atoms with Crippen molar-refractivity contribution in [2.24, 2.45) is 0 Å². The molecule has 8 heteroatoms. The molecule has 1 aliphatic rings. The molecule has 0 radical (unpaired) electrons. The number of aliphatic hydroxyl groups is 1. The summed E-state index contributed by atoms with van der Waals surface area (Å²) in [7, 11) is -2.25. The van der Waals surface area contributed by atoms with Crippen LogP contribution in [-0.2, 0) is 14.8 Å². The van der Waals surface area contributed by atoms with E-state index in [9.17, 15) is 18.3 Å². The second-order valence-electron chi connectivity index (χ2n) is 5.79. The lowest BCUT2D eigenvalue weighted by Gasteiger charge is -2.37. The average Bonchev–Trinajstić information content (AvgIpc) is 2.77. The second kappa shape index (κ2) is 6.02. The minimum atomic E-state index is -3.74. The summed E-state index contributed by atoms with van der Waals surface area (Å²) in [5, 5.41) is 13.0. The topological polar surface area (TPSA) is 99.9 Å². The van der Waals surface area contributed by atoms with Gasteiger partial charge in [0.15, 0.2) is 0 Å². The highest BCUT2D eigenvalue weighted by Crippen LogP contribution is 2.30. The standard InChI is InChI=1S/C14H22N2O5S/c1-10-7-12(11(2)21-10)22(19,20)16-6-4-5-14(18,9-16)8-13(17)15-3/h7,18H,4-6,8-9H2,1-3H3,(H,15,17). The molecule has 0 aliphatic carbocycles. The molecule has 1 aromatic rings. The molecular weight excluding hydrogens is 308 g/mol. The summed E-state index contributed by atoms with van der Waals surface area (Å²) in [6.45, 7) is 3.51. The van der Waals surface area contributed by atoms with Crippen molar-refractivity contribution in [1.29, 1.82) is 0 Å². The summed E-state index contributed by atoms with van der Waals surface area (Å²) >= 11 is 0. The number of hydrogen-bond donors (Lipinski definition) is 2. The number of amides is 1. The molecule has 1 atom stereocenters. The van der Waals surface area contributed by atoms with E-state index < -0.39 is 15.6 Å². The third-order valence-corrected chi connectivity index (χ3v) is 5.85. The van der Waals surface area contributed by atoms with Gasteiger partial charge in [-0.1, -0.05) is 0 Å². The highest BCUT2D eigenvalue weighted by Gasteiger charge is 2.40. The molecule has 22 heavy (non-hydrogen) atoms. The van der Waals surface area contributed by atoms with Crippen molar-refractivity contribution in [3.63, 3.8) is 0 Å². The minimum absolute atomic E-state index is 0.0909. The number of carbonyl (C=O) groups excluding carboxylic acids is 1. The third kappa shape index (κ3) is 3.34. The molecule has 2 N–H and O–H groups in total. The SMILES string of the molecule is CNC(=O)CC1(O)CCCN(S(=O)(=O)c2cc(C)oc2C)C1. The summed E-state index contributed by atoms with van der Waals surface area (Å²) in [4.78, 5) is 11.6. The van der Waals surface area contributed by atoms with Gasteiger partial charge in [-0.2, -0.15) is 4.31 Å². The van der Waals surface area contributed by atoms with E-state index in [1.54, 1.807) is 13.8 Å². The van der Waals surface area contributed by atoms with Crippen LogP contribution in [0.5, 0.6) is 0 Å². The summed E-state index contributed by atoms with van der Waals surface area (Å²) < 4.78 is 32.0. The van der Waals surface area contributed by atoms with Crippen molar-refractivity contribution >= 4 is 15.9 Å². The Hall–Kier alpha value is -1.38. The van der Waals surface area contributed by atoms with Crippen LogP contribution in [0, 0.1) is 13.8 Å². The van der Waals surface area contributed by atoms with E-state index in [1.807, 2.05) is 0 Å². The molecule has 1 aliphatic heterocycles. The van der Waals surface area contributed by atoms with Gasteiger partial charge in [-0.05, 0) is 32.8 Å². The monoisotopic (exact) mass is 330 g/mol. The molecule has 0 aromatic carbocycles. The molecule has 1 unspecified atom stereocenters. The largest absolute Gasteiger partial charge is 0.465 e. The second-order valence-corrected chi connectivity index (χ2v) is 7.70. The van der Waals surface area contributed by atoms with Gasteiger partial charge in [0.1, 0.15) is 16.4 Å². The number of furan rings is 1. The minimum Gasteiger partial charge on any atom is -0.465 e. The molecule has 0 bridgehead atoms. The van der Waals surface area contributed by atoms with Crippen molar-refractivity contribution in [2.75, 3.05) is 20.1 Å². The Morgan fingerprint density at radius 3 is 2.73 bits per heavy atom. The number of hydrogen-bond acceptors (Lipinski definition) is 5. The van der Waals surface area contributed by atoms with Gasteiger partial charge in [0.05, 0.1) is 12.0 Å². The first-order chi connectivity index (χ1) is 10.2. The van der Waals surface area contributed by atoms with E-state index in [-0.39, 0.29) is 23.8 Å². The molecule has 1 saturated heterocycles. The molecule has 7 nitrogen and oxygen atoms in total. The van der Waals surface area contributed by atoms with Crippen molar-refractivity contribution in [3.05, 3.63) is 17.6 Å². The van der Waals surface area contributed by atoms with Crippen molar-refractivity contribution in [2.45, 2.75) is 43.6 Å². The first kappa shape index (κ1) is 17.0. The van der Waals surface area contributed by atoms with Crippen LogP contribution in [0.25, 0.3) is 0 Å². The van der Waals surface area contributed by atoms with Crippen LogP contribution in [0.4, 0.5) is 0 Å². The highest BCUT2D eigenvalue weighted by atomic mass is 32.2. The van der Waals surface area contributed by atoms with Gasteiger partial charge in [-0.3, -0.25) is 4.79 Å². The number of β-amino-alcohol motifs (C(OH)–C–C–N with tert-alkyl or cyclic N) is 1. The van der Waals surface area contributed by atoms with Crippen LogP contribution in [0.3, 0.4) is 0 Å². The van der Waals surface area contributed by atoms with Gasteiger partial charge < -0.3 is 14.8 Å². The lowest BCUT2D eigenvalue weighted by Crippen LogP contribution is -2.52. The van der Waals surface area contributed by atoms with Crippen LogP contribution in [0.1, 0.15) is 30.8 Å². The maximum Gasteiger partial charge on any atom is 0.246 e. The van der Waals surface area contributed by atoms with Gasteiger partial charge >= 0.3 is 0 Å². The zero-order valence-electron chi connectivity index (χ0n) is 13.0. The Labute approximate surface area is 130 Å². The maximum atomic E-state index is 12.7. The Morgan fingerprint density at radius 2 is 2.18 bits per heavy atom. The van der Waals surface area contributed by atoms with Gasteiger partial charge in [0.2, 0.25) is 15.9 Å². The highest BCUT2D eigenvalue weighted by molar-refractivity contribution is 7.89. The number of nitrogens with one attached hydrogen (secondary N) is 1. The fourth-order valence-electron chi connectivity index (χ4n) is 2.81. The average molecular weight is 330 g/mol. The molecule has 2 rings (SSSR count). The van der Waals surface area contributed by atoms with E-state index in [4.69, 9.17) is 4.42 Å². The Morgan fingerprint density at radius 1 is 1.50 bits per heavy atom. The number of nitrogens with zero attached hydrogens (tertiary/aromatic N) is 1. The summed E-state index contributed by atoms with van der Waals surface area (Å²) in [5.41, 5.74) is -1.34. The first-order valence-electron chi connectivity index (χ1n) is 7.18. The molecule has 2 heterocycles. The normalized spacial score (nSPS) is 23.5. The number of piperidine rings is 1. The fraction of sp³-hybridized carbons (Fsp3) is 0.643. The quantitative estimate of drug-likeness (QED) is 0.840. The predicted octanol–water partition coefficient (Wildman–Crippen LogP) is 0.548. The predicted molar refractivity (Wildman–Crippen MR) is 79.8 cm³/mol. The smallest absolute Gasteiger partial charge is 0.246 e. The Kier molecular flexibility index (Phi) is 4.65. The van der Waals surface area contributed by atoms with Gasteiger partial charge in [0.25, 0.3) is 0 Å². The molecular formula is C14H22N2O5S. The summed E-state index contributed by atoms with van der Waals surface area (Å²) in [6, 6.07) is 1.48. The van der Waals surface area contributed by atoms with E-state index in [0.29, 0.717) is 30.9 Å². The van der Waals surface area contributed by atoms with Crippen molar-refractivity contribution < 1.29 is 22.7 Å². The van der Waals surface area contributed by atoms with Gasteiger partial charge in [-0.15, -0.1) is 0 Å². The van der Waals surface area contributed by atoms with E-state index in [2.05, 4.69) is 5.32 Å². The first-order valence-corrected chi connectivity index (χ1v) is 8.62. The van der Waals surface area contributed by atoms with Crippen LogP contribution in [0.15, 0.2) is 15.4 Å². The number of aryl methyl sites for hydroxylation is 2. The molecule has 1 fully saturated rings. The molecule has 124 valence electrons. The lowest BCUT2D eigenvalue weighted by molar-refractivity contribution is -0.127. The number of sulfonamides is 1. The van der Waals surface area contributed by atoms with Crippen LogP contribution in [-0.4, -0.2) is 49.5 Å². The summed E-state index contributed by atoms with van der Waals surface area (Å²) in [6.07, 6.45) is 0.789. The fourth-order valence-corrected chi connectivity index (χ4v) is 4.59. The van der Waals surface area contributed by atoms with Gasteiger partial charge in [-0.25, -0.2) is 8.42 Å². The van der Waals surface area contributed by atoms with E-state index in [0.717, 1.165) is 0 Å². The Balaban J connectivity index is 2.25. The lowest BCUT2D eigenvalue weighted by atomic mass is 9.90.